The zero-order valence-electron chi connectivity index (χ0n) is 8.29. The van der Waals surface area contributed by atoms with Crippen LogP contribution in [0.25, 0.3) is 0 Å². The predicted molar refractivity (Wildman–Crippen MR) is 48.8 cm³/mol. The first-order valence-corrected chi connectivity index (χ1v) is 4.23. The lowest BCUT2D eigenvalue weighted by molar-refractivity contribution is -0.141. The van der Waals surface area contributed by atoms with Crippen molar-refractivity contribution in [2.45, 2.75) is 40.2 Å². The van der Waals surface area contributed by atoms with Gasteiger partial charge in [0.25, 0.3) is 0 Å². The van der Waals surface area contributed by atoms with Crippen molar-refractivity contribution < 1.29 is 9.90 Å². The van der Waals surface area contributed by atoms with Gasteiger partial charge in [-0.1, -0.05) is 27.7 Å². The van der Waals surface area contributed by atoms with Gasteiger partial charge in [0.05, 0.1) is 5.92 Å². The first-order valence-electron chi connectivity index (χ1n) is 4.23. The van der Waals surface area contributed by atoms with Gasteiger partial charge >= 0.3 is 5.97 Å². The second-order valence-corrected chi connectivity index (χ2v) is 4.45. The smallest absolute Gasteiger partial charge is 0.306 e. The van der Waals surface area contributed by atoms with E-state index in [0.29, 0.717) is 6.42 Å². The van der Waals surface area contributed by atoms with Crippen molar-refractivity contribution in [3.05, 3.63) is 0 Å². The number of hydrogen-bond donors (Lipinski definition) is 2. The number of aliphatic carboxylic acids is 1. The molecule has 0 radical (unpaired) electrons. The Labute approximate surface area is 74.0 Å². The summed E-state index contributed by atoms with van der Waals surface area (Å²) in [6, 6.07) is -0.0522. The van der Waals surface area contributed by atoms with Crippen molar-refractivity contribution in [3.8, 4) is 0 Å². The van der Waals surface area contributed by atoms with Crippen molar-refractivity contribution in [1.29, 1.82) is 0 Å². The molecule has 3 heteroatoms. The fourth-order valence-corrected chi connectivity index (χ4v) is 0.835. The Kier molecular flexibility index (Phi) is 3.71. The molecule has 0 aliphatic heterocycles. The average Bonchev–Trinajstić information content (AvgIpc) is 1.85. The van der Waals surface area contributed by atoms with Gasteiger partial charge < -0.3 is 10.8 Å². The van der Waals surface area contributed by atoms with Crippen molar-refractivity contribution in [3.63, 3.8) is 0 Å². The highest BCUT2D eigenvalue weighted by atomic mass is 16.4. The Morgan fingerprint density at radius 1 is 1.50 bits per heavy atom. The number of carboxylic acid groups (broad SMARTS) is 1. The van der Waals surface area contributed by atoms with Gasteiger partial charge in [0.2, 0.25) is 0 Å². The molecule has 0 heterocycles. The molecule has 0 aromatic carbocycles. The molecule has 3 nitrogen and oxygen atoms in total. The summed E-state index contributed by atoms with van der Waals surface area (Å²) in [6.07, 6.45) is 0.541. The van der Waals surface area contributed by atoms with Gasteiger partial charge in [-0.15, -0.1) is 0 Å². The third-order valence-corrected chi connectivity index (χ3v) is 2.14. The largest absolute Gasteiger partial charge is 0.481 e. The van der Waals surface area contributed by atoms with Gasteiger partial charge in [-0.2, -0.15) is 0 Å². The summed E-state index contributed by atoms with van der Waals surface area (Å²) in [6.45, 7) is 7.75. The zero-order chi connectivity index (χ0) is 9.94. The molecule has 0 spiro atoms. The summed E-state index contributed by atoms with van der Waals surface area (Å²) in [5.41, 5.74) is 5.82. The summed E-state index contributed by atoms with van der Waals surface area (Å²) >= 11 is 0. The van der Waals surface area contributed by atoms with E-state index in [-0.39, 0.29) is 17.4 Å². The van der Waals surface area contributed by atoms with Crippen LogP contribution in [-0.2, 0) is 4.79 Å². The first-order chi connectivity index (χ1) is 5.25. The van der Waals surface area contributed by atoms with Gasteiger partial charge in [0.15, 0.2) is 0 Å². The van der Waals surface area contributed by atoms with Crippen LogP contribution in [0.2, 0.25) is 0 Å². The van der Waals surface area contributed by atoms with Crippen LogP contribution in [-0.4, -0.2) is 17.1 Å². The van der Waals surface area contributed by atoms with Gasteiger partial charge in [-0.3, -0.25) is 4.79 Å². The number of rotatable bonds is 3. The SMILES string of the molecule is CC(CC(N)C(C)(C)C)C(=O)O. The lowest BCUT2D eigenvalue weighted by Crippen LogP contribution is -2.37. The quantitative estimate of drug-likeness (QED) is 0.679. The fourth-order valence-electron chi connectivity index (χ4n) is 0.835. The van der Waals surface area contributed by atoms with E-state index in [4.69, 9.17) is 10.8 Å². The standard InChI is InChI=1S/C9H19NO2/c1-6(8(11)12)5-7(10)9(2,3)4/h6-7H,5,10H2,1-4H3,(H,11,12). The topological polar surface area (TPSA) is 63.3 Å². The van der Waals surface area contributed by atoms with E-state index in [1.54, 1.807) is 6.92 Å². The third kappa shape index (κ3) is 3.72. The molecular formula is C9H19NO2. The molecule has 0 fully saturated rings. The van der Waals surface area contributed by atoms with Crippen LogP contribution < -0.4 is 5.73 Å². The van der Waals surface area contributed by atoms with Crippen LogP contribution in [0.4, 0.5) is 0 Å². The Morgan fingerprint density at radius 3 is 2.17 bits per heavy atom. The van der Waals surface area contributed by atoms with Crippen molar-refractivity contribution in [2.75, 3.05) is 0 Å². The van der Waals surface area contributed by atoms with E-state index in [1.165, 1.54) is 0 Å². The van der Waals surface area contributed by atoms with Gasteiger partial charge in [-0.05, 0) is 11.8 Å². The van der Waals surface area contributed by atoms with Crippen LogP contribution in [0, 0.1) is 11.3 Å². The minimum absolute atomic E-state index is 0.0102. The number of nitrogens with two attached hydrogens (primary N) is 1. The molecule has 2 unspecified atom stereocenters. The normalized spacial score (nSPS) is 17.1. The molecule has 0 aromatic rings. The molecule has 12 heavy (non-hydrogen) atoms. The van der Waals surface area contributed by atoms with Gasteiger partial charge in [-0.25, -0.2) is 0 Å². The first kappa shape index (κ1) is 11.4. The van der Waals surface area contributed by atoms with Crippen LogP contribution in [0.5, 0.6) is 0 Å². The molecule has 0 rings (SSSR count). The molecule has 0 bridgehead atoms. The Balaban J connectivity index is 4.01. The summed E-state index contributed by atoms with van der Waals surface area (Å²) in [5.74, 6) is -1.12. The van der Waals surface area contributed by atoms with Crippen LogP contribution in [0.15, 0.2) is 0 Å². The second-order valence-electron chi connectivity index (χ2n) is 4.45. The number of carboxylic acids is 1. The molecular weight excluding hydrogens is 154 g/mol. The van der Waals surface area contributed by atoms with Gasteiger partial charge in [0.1, 0.15) is 0 Å². The van der Waals surface area contributed by atoms with E-state index in [0.717, 1.165) is 0 Å². The molecule has 0 saturated carbocycles. The lowest BCUT2D eigenvalue weighted by Gasteiger charge is -2.28. The molecule has 0 aliphatic carbocycles. The Hall–Kier alpha value is -0.570. The number of hydrogen-bond acceptors (Lipinski definition) is 2. The second kappa shape index (κ2) is 3.90. The number of carbonyl (C=O) groups is 1. The molecule has 0 saturated heterocycles. The van der Waals surface area contributed by atoms with E-state index < -0.39 is 5.97 Å². The third-order valence-electron chi connectivity index (χ3n) is 2.14. The highest BCUT2D eigenvalue weighted by Gasteiger charge is 2.24. The maximum atomic E-state index is 10.5. The van der Waals surface area contributed by atoms with E-state index >= 15 is 0 Å². The monoisotopic (exact) mass is 173 g/mol. The van der Waals surface area contributed by atoms with Gasteiger partial charge in [0, 0.05) is 6.04 Å². The summed E-state index contributed by atoms with van der Waals surface area (Å²) < 4.78 is 0. The lowest BCUT2D eigenvalue weighted by atomic mass is 9.82. The molecule has 2 atom stereocenters. The summed E-state index contributed by atoms with van der Waals surface area (Å²) in [7, 11) is 0. The van der Waals surface area contributed by atoms with Crippen LogP contribution >= 0.6 is 0 Å². The average molecular weight is 173 g/mol. The van der Waals surface area contributed by atoms with Crippen molar-refractivity contribution >= 4 is 5.97 Å². The maximum Gasteiger partial charge on any atom is 0.306 e. The molecule has 72 valence electrons. The van der Waals surface area contributed by atoms with Crippen LogP contribution in [0.3, 0.4) is 0 Å². The molecule has 0 aromatic heterocycles. The summed E-state index contributed by atoms with van der Waals surface area (Å²) in [4.78, 5) is 10.5. The van der Waals surface area contributed by atoms with E-state index in [9.17, 15) is 4.79 Å². The Bertz CT molecular complexity index is 160. The van der Waals surface area contributed by atoms with Crippen molar-refractivity contribution in [2.24, 2.45) is 17.1 Å². The van der Waals surface area contributed by atoms with Crippen LogP contribution in [0.1, 0.15) is 34.1 Å². The predicted octanol–water partition coefficient (Wildman–Crippen LogP) is 1.47. The molecule has 0 aliphatic rings. The minimum atomic E-state index is -0.769. The molecule has 3 N–H and O–H groups in total. The fraction of sp³-hybridized carbons (Fsp3) is 0.889. The maximum absolute atomic E-state index is 10.5. The highest BCUT2D eigenvalue weighted by Crippen LogP contribution is 2.22. The zero-order valence-corrected chi connectivity index (χ0v) is 8.29. The highest BCUT2D eigenvalue weighted by molar-refractivity contribution is 5.69. The molecule has 0 amide bonds. The van der Waals surface area contributed by atoms with E-state index in [2.05, 4.69) is 0 Å². The Morgan fingerprint density at radius 2 is 1.92 bits per heavy atom. The van der Waals surface area contributed by atoms with Crippen molar-refractivity contribution in [1.82, 2.24) is 0 Å². The summed E-state index contributed by atoms with van der Waals surface area (Å²) in [5, 5.41) is 8.64. The van der Waals surface area contributed by atoms with E-state index in [1.807, 2.05) is 20.8 Å². The minimum Gasteiger partial charge on any atom is -0.481 e.